The predicted molar refractivity (Wildman–Crippen MR) is 99.9 cm³/mol. The number of carbonyl (C=O) groups excluding carboxylic acids is 1. The summed E-state index contributed by atoms with van der Waals surface area (Å²) < 4.78 is 6.04. The number of amides is 1. The molecular formula is C16H24ClIN2O3. The zero-order valence-corrected chi connectivity index (χ0v) is 17.2. The van der Waals surface area contributed by atoms with Gasteiger partial charge in [0.1, 0.15) is 9.30 Å². The Morgan fingerprint density at radius 1 is 1.39 bits per heavy atom. The molecule has 0 aliphatic heterocycles. The van der Waals surface area contributed by atoms with E-state index in [0.717, 1.165) is 5.56 Å². The van der Waals surface area contributed by atoms with Gasteiger partial charge in [-0.05, 0) is 66.8 Å². The van der Waals surface area contributed by atoms with Crippen LogP contribution in [0.25, 0.3) is 0 Å². The van der Waals surface area contributed by atoms with Gasteiger partial charge in [0.25, 0.3) is 0 Å². The van der Waals surface area contributed by atoms with Crippen LogP contribution in [0.1, 0.15) is 47.1 Å². The van der Waals surface area contributed by atoms with Crippen LogP contribution in [-0.2, 0) is 11.2 Å². The molecule has 1 heterocycles. The number of aromatic nitrogens is 1. The predicted octanol–water partition coefficient (Wildman–Crippen LogP) is 4.53. The van der Waals surface area contributed by atoms with Crippen molar-refractivity contribution in [3.63, 3.8) is 0 Å². The molecular weight excluding hydrogens is 431 g/mol. The van der Waals surface area contributed by atoms with Crippen LogP contribution >= 0.6 is 34.2 Å². The number of nitrogens with zero attached hydrogens (tertiary/aromatic N) is 1. The number of carbonyl (C=O) groups is 1. The third-order valence-electron chi connectivity index (χ3n) is 3.14. The van der Waals surface area contributed by atoms with Gasteiger partial charge in [-0.1, -0.05) is 32.4 Å². The smallest absolute Gasteiger partial charge is 0.407 e. The van der Waals surface area contributed by atoms with E-state index < -0.39 is 11.7 Å². The molecule has 2 N–H and O–H groups in total. The zero-order valence-electron chi connectivity index (χ0n) is 14.3. The molecule has 1 aromatic rings. The molecule has 0 aliphatic carbocycles. The number of halogens is 2. The van der Waals surface area contributed by atoms with Crippen LogP contribution in [0.2, 0.25) is 5.15 Å². The molecule has 0 unspecified atom stereocenters. The molecule has 0 aliphatic rings. The van der Waals surface area contributed by atoms with Crippen molar-refractivity contribution in [3.05, 3.63) is 20.5 Å². The second kappa shape index (κ2) is 7.42. The number of hydrogen-bond acceptors (Lipinski definition) is 4. The summed E-state index contributed by atoms with van der Waals surface area (Å²) in [4.78, 5) is 16.2. The molecule has 7 heteroatoms. The van der Waals surface area contributed by atoms with E-state index in [4.69, 9.17) is 16.3 Å². The van der Waals surface area contributed by atoms with Crippen LogP contribution in [0.3, 0.4) is 0 Å². The summed E-state index contributed by atoms with van der Waals surface area (Å²) in [7, 11) is 0. The summed E-state index contributed by atoms with van der Waals surface area (Å²) >= 11 is 7.88. The lowest BCUT2D eigenvalue weighted by Crippen LogP contribution is -2.47. The molecule has 1 amide bonds. The van der Waals surface area contributed by atoms with Gasteiger partial charge in [0.15, 0.2) is 10.9 Å². The molecule has 0 aromatic carbocycles. The van der Waals surface area contributed by atoms with Gasteiger partial charge in [-0.15, -0.1) is 0 Å². The highest BCUT2D eigenvalue weighted by Gasteiger charge is 2.29. The van der Waals surface area contributed by atoms with Gasteiger partial charge in [0.2, 0.25) is 0 Å². The van der Waals surface area contributed by atoms with Gasteiger partial charge in [-0.25, -0.2) is 9.78 Å². The summed E-state index contributed by atoms with van der Waals surface area (Å²) in [6.45, 7) is 11.6. The van der Waals surface area contributed by atoms with Gasteiger partial charge in [0, 0.05) is 6.04 Å². The monoisotopic (exact) mass is 454 g/mol. The Labute approximate surface area is 156 Å². The van der Waals surface area contributed by atoms with E-state index in [1.165, 1.54) is 0 Å². The summed E-state index contributed by atoms with van der Waals surface area (Å²) in [6.07, 6.45) is 0.0530. The topological polar surface area (TPSA) is 71.5 Å². The van der Waals surface area contributed by atoms with Gasteiger partial charge in [-0.3, -0.25) is 0 Å². The van der Waals surface area contributed by atoms with Crippen LogP contribution in [0, 0.1) is 9.12 Å². The van der Waals surface area contributed by atoms with Crippen molar-refractivity contribution < 1.29 is 14.6 Å². The summed E-state index contributed by atoms with van der Waals surface area (Å²) in [5.74, 6) is -0.0630. The average Bonchev–Trinajstić information content (AvgIpc) is 2.31. The lowest BCUT2D eigenvalue weighted by atomic mass is 9.83. The highest BCUT2D eigenvalue weighted by Crippen LogP contribution is 2.29. The zero-order chi connectivity index (χ0) is 18.0. The fourth-order valence-corrected chi connectivity index (χ4v) is 2.78. The number of alkyl carbamates (subject to hydrolysis) is 1. The summed E-state index contributed by atoms with van der Waals surface area (Å²) in [6, 6.07) is 1.40. The Kier molecular flexibility index (Phi) is 6.55. The van der Waals surface area contributed by atoms with Crippen LogP contribution in [0.5, 0.6) is 5.75 Å². The minimum atomic E-state index is -0.555. The van der Waals surface area contributed by atoms with E-state index in [-0.39, 0.29) is 22.4 Å². The van der Waals surface area contributed by atoms with E-state index >= 15 is 0 Å². The third kappa shape index (κ3) is 6.71. The lowest BCUT2D eigenvalue weighted by molar-refractivity contribution is 0.0464. The number of pyridine rings is 1. The first kappa shape index (κ1) is 20.3. The van der Waals surface area contributed by atoms with Crippen molar-refractivity contribution in [2.45, 2.75) is 59.6 Å². The van der Waals surface area contributed by atoms with E-state index in [0.29, 0.717) is 10.1 Å². The average molecular weight is 455 g/mol. The van der Waals surface area contributed by atoms with Gasteiger partial charge in [0.05, 0.1) is 0 Å². The minimum absolute atomic E-state index is 0.0630. The minimum Gasteiger partial charge on any atom is -0.505 e. The van der Waals surface area contributed by atoms with Crippen molar-refractivity contribution in [3.8, 4) is 5.75 Å². The fourth-order valence-electron chi connectivity index (χ4n) is 1.89. The highest BCUT2D eigenvalue weighted by molar-refractivity contribution is 14.1. The molecule has 0 spiro atoms. The number of ether oxygens (including phenoxy) is 1. The van der Waals surface area contributed by atoms with Crippen molar-refractivity contribution in [2.75, 3.05) is 0 Å². The standard InChI is InChI=1S/C16H24ClIN2O3/c1-15(2,3)11(19-14(22)23-16(4,5)6)8-9-7-10(21)12(17)20-13(9)18/h7,11,21H,8H2,1-6H3,(H,19,22)/t11-/m0/s1. The second-order valence-electron chi connectivity index (χ2n) is 7.52. The van der Waals surface area contributed by atoms with E-state index in [9.17, 15) is 9.90 Å². The molecule has 1 atom stereocenters. The number of aromatic hydroxyl groups is 1. The Hall–Kier alpha value is -0.760. The van der Waals surface area contributed by atoms with Crippen LogP contribution in [0.4, 0.5) is 4.79 Å². The molecule has 130 valence electrons. The Morgan fingerprint density at radius 3 is 2.43 bits per heavy atom. The fraction of sp³-hybridized carbons (Fsp3) is 0.625. The molecule has 0 fully saturated rings. The van der Waals surface area contributed by atoms with Crippen LogP contribution < -0.4 is 5.32 Å². The van der Waals surface area contributed by atoms with E-state index in [1.54, 1.807) is 6.07 Å². The molecule has 0 bridgehead atoms. The summed E-state index contributed by atoms with van der Waals surface area (Å²) in [5.41, 5.74) is 0.0690. The quantitative estimate of drug-likeness (QED) is 0.520. The molecule has 1 rings (SSSR count). The maximum Gasteiger partial charge on any atom is 0.407 e. The number of hydrogen-bond donors (Lipinski definition) is 2. The van der Waals surface area contributed by atoms with E-state index in [2.05, 4.69) is 32.9 Å². The number of rotatable bonds is 3. The second-order valence-corrected chi connectivity index (χ2v) is 8.90. The Morgan fingerprint density at radius 2 is 1.96 bits per heavy atom. The molecule has 0 radical (unpaired) electrons. The van der Waals surface area contributed by atoms with Crippen molar-refractivity contribution in [2.24, 2.45) is 5.41 Å². The van der Waals surface area contributed by atoms with Crippen molar-refractivity contribution in [1.29, 1.82) is 0 Å². The molecule has 0 saturated heterocycles. The molecule has 1 aromatic heterocycles. The van der Waals surface area contributed by atoms with Crippen molar-refractivity contribution >= 4 is 40.3 Å². The highest BCUT2D eigenvalue weighted by atomic mass is 127. The van der Waals surface area contributed by atoms with Crippen LogP contribution in [-0.4, -0.2) is 27.8 Å². The van der Waals surface area contributed by atoms with Gasteiger partial charge in [-0.2, -0.15) is 0 Å². The van der Waals surface area contributed by atoms with E-state index in [1.807, 2.05) is 41.5 Å². The van der Waals surface area contributed by atoms with Gasteiger partial charge < -0.3 is 15.2 Å². The van der Waals surface area contributed by atoms with Gasteiger partial charge >= 0.3 is 6.09 Å². The maximum atomic E-state index is 12.1. The molecule has 5 nitrogen and oxygen atoms in total. The summed E-state index contributed by atoms with van der Waals surface area (Å²) in [5, 5.41) is 12.8. The first-order valence-corrected chi connectivity index (χ1v) is 8.78. The first-order valence-electron chi connectivity index (χ1n) is 7.33. The Bertz CT molecular complexity index is 580. The largest absolute Gasteiger partial charge is 0.505 e. The third-order valence-corrected chi connectivity index (χ3v) is 4.36. The Balaban J connectivity index is 2.97. The van der Waals surface area contributed by atoms with Crippen LogP contribution in [0.15, 0.2) is 6.07 Å². The normalized spacial score (nSPS) is 13.6. The SMILES string of the molecule is CC(C)(C)OC(=O)N[C@@H](Cc1cc(O)c(Cl)nc1I)C(C)(C)C. The first-order chi connectivity index (χ1) is 10.3. The molecule has 23 heavy (non-hydrogen) atoms. The number of nitrogens with one attached hydrogen (secondary N) is 1. The lowest BCUT2D eigenvalue weighted by Gasteiger charge is -2.32. The molecule has 0 saturated carbocycles. The maximum absolute atomic E-state index is 12.1. The van der Waals surface area contributed by atoms with Crippen molar-refractivity contribution in [1.82, 2.24) is 10.3 Å².